The molecule has 0 bridgehead atoms. The third-order valence-corrected chi connectivity index (χ3v) is 9.44. The molecule has 0 aromatic rings. The standard InChI is InChI=1S/C55H86O5/c1-3-5-7-9-11-13-15-17-19-21-23-24-25-26-27-28-29-30-32-34-36-38-40-42-44-46-48-50-55(58)60-53(51-56)52-59-54(57)49-47-45-43-41-39-37-35-33-31-22-20-18-16-14-12-10-8-6-4-2/h5-8,11-14,17-20,23-24,26-27,29-31,33,37,39,53,56H,3-4,9-10,15-16,21-22,25,28,32,34-36,38,40-52H2,1-2H3/b7-5-,8-6-,13-11-,14-12-,19-17-,20-18-,24-23-,27-26-,30-29-,33-31-,39-37-. The lowest BCUT2D eigenvalue weighted by atomic mass is 10.1. The highest BCUT2D eigenvalue weighted by atomic mass is 16.6. The molecule has 0 spiro atoms. The first-order valence-electron chi connectivity index (χ1n) is 23.7. The van der Waals surface area contributed by atoms with Crippen LogP contribution in [0.5, 0.6) is 0 Å². The van der Waals surface area contributed by atoms with Gasteiger partial charge in [0.1, 0.15) is 6.61 Å². The fourth-order valence-corrected chi connectivity index (χ4v) is 5.94. The van der Waals surface area contributed by atoms with Gasteiger partial charge in [-0.3, -0.25) is 9.59 Å². The fourth-order valence-electron chi connectivity index (χ4n) is 5.94. The van der Waals surface area contributed by atoms with Crippen LogP contribution in [-0.4, -0.2) is 36.4 Å². The highest BCUT2D eigenvalue weighted by Crippen LogP contribution is 2.12. The zero-order valence-electron chi connectivity index (χ0n) is 38.2. The fraction of sp³-hybridized carbons (Fsp3) is 0.564. The Kier molecular flexibility index (Phi) is 46.1. The summed E-state index contributed by atoms with van der Waals surface area (Å²) in [6, 6.07) is 0. The molecule has 0 saturated carbocycles. The molecule has 0 heterocycles. The number of allylic oxidation sites excluding steroid dienone is 22. The first-order valence-corrected chi connectivity index (χ1v) is 23.7. The predicted molar refractivity (Wildman–Crippen MR) is 260 cm³/mol. The number of aliphatic hydroxyl groups is 1. The van der Waals surface area contributed by atoms with Gasteiger partial charge in [0.2, 0.25) is 0 Å². The van der Waals surface area contributed by atoms with E-state index in [0.29, 0.717) is 12.8 Å². The molecule has 0 rings (SSSR count). The summed E-state index contributed by atoms with van der Waals surface area (Å²) in [6.45, 7) is 3.86. The van der Waals surface area contributed by atoms with Crippen LogP contribution in [0.25, 0.3) is 0 Å². The minimum Gasteiger partial charge on any atom is -0.462 e. The molecule has 0 aliphatic carbocycles. The van der Waals surface area contributed by atoms with Gasteiger partial charge in [-0.05, 0) is 109 Å². The molecule has 0 radical (unpaired) electrons. The maximum atomic E-state index is 12.3. The molecule has 0 aliphatic rings. The van der Waals surface area contributed by atoms with Crippen LogP contribution in [0, 0.1) is 0 Å². The number of ether oxygens (including phenoxy) is 2. The SMILES string of the molecule is CC/C=C\C/C=C\C/C=C\C/C=C\C/C=C\C/C=C\CCCCCCCCCCC(=O)OC(CO)COC(=O)CCCCC/C=C\C/C=C\C/C=C\C/C=C\C/C=C\CC. The van der Waals surface area contributed by atoms with Crippen molar-refractivity contribution in [1.29, 1.82) is 0 Å². The normalized spacial score (nSPS) is 13.4. The zero-order valence-corrected chi connectivity index (χ0v) is 38.2. The van der Waals surface area contributed by atoms with E-state index in [1.807, 2.05) is 0 Å². The van der Waals surface area contributed by atoms with E-state index in [9.17, 15) is 14.7 Å². The molecule has 336 valence electrons. The van der Waals surface area contributed by atoms with Gasteiger partial charge in [-0.2, -0.15) is 0 Å². The Hall–Kier alpha value is -3.96. The van der Waals surface area contributed by atoms with E-state index >= 15 is 0 Å². The number of hydrogen-bond acceptors (Lipinski definition) is 5. The van der Waals surface area contributed by atoms with Gasteiger partial charge >= 0.3 is 11.9 Å². The van der Waals surface area contributed by atoms with E-state index in [-0.39, 0.29) is 25.2 Å². The maximum absolute atomic E-state index is 12.3. The highest BCUT2D eigenvalue weighted by molar-refractivity contribution is 5.70. The summed E-state index contributed by atoms with van der Waals surface area (Å²) in [4.78, 5) is 24.4. The van der Waals surface area contributed by atoms with E-state index in [0.717, 1.165) is 122 Å². The highest BCUT2D eigenvalue weighted by Gasteiger charge is 2.16. The third kappa shape index (κ3) is 46.7. The van der Waals surface area contributed by atoms with Gasteiger partial charge in [-0.1, -0.05) is 192 Å². The minimum atomic E-state index is -0.801. The number of aliphatic hydroxyl groups excluding tert-OH is 1. The summed E-state index contributed by atoms with van der Waals surface area (Å²) in [7, 11) is 0. The zero-order chi connectivity index (χ0) is 43.5. The van der Waals surface area contributed by atoms with Crippen LogP contribution in [0.15, 0.2) is 134 Å². The molecule has 0 fully saturated rings. The number of hydrogen-bond donors (Lipinski definition) is 1. The molecule has 0 aliphatic heterocycles. The summed E-state index contributed by atoms with van der Waals surface area (Å²) in [6.07, 6.45) is 73.8. The number of unbranched alkanes of at least 4 members (excludes halogenated alkanes) is 11. The van der Waals surface area contributed by atoms with E-state index in [4.69, 9.17) is 9.47 Å². The van der Waals surface area contributed by atoms with Crippen molar-refractivity contribution in [2.75, 3.05) is 13.2 Å². The lowest BCUT2D eigenvalue weighted by molar-refractivity contribution is -0.161. The Labute approximate surface area is 368 Å². The molecular weight excluding hydrogens is 741 g/mol. The third-order valence-electron chi connectivity index (χ3n) is 9.44. The average molecular weight is 827 g/mol. The second-order valence-electron chi connectivity index (χ2n) is 15.1. The molecule has 1 atom stereocenters. The van der Waals surface area contributed by atoms with Gasteiger partial charge in [-0.15, -0.1) is 0 Å². The molecule has 0 amide bonds. The largest absolute Gasteiger partial charge is 0.462 e. The predicted octanol–water partition coefficient (Wildman–Crippen LogP) is 15.7. The molecule has 1 unspecified atom stereocenters. The molecule has 5 heteroatoms. The van der Waals surface area contributed by atoms with Crippen molar-refractivity contribution < 1.29 is 24.2 Å². The number of esters is 2. The van der Waals surface area contributed by atoms with Crippen molar-refractivity contribution in [3.63, 3.8) is 0 Å². The summed E-state index contributed by atoms with van der Waals surface area (Å²) < 4.78 is 10.6. The molecule has 5 nitrogen and oxygen atoms in total. The van der Waals surface area contributed by atoms with E-state index < -0.39 is 6.10 Å². The summed E-state index contributed by atoms with van der Waals surface area (Å²) >= 11 is 0. The lowest BCUT2D eigenvalue weighted by Crippen LogP contribution is -2.28. The van der Waals surface area contributed by atoms with Gasteiger partial charge in [0.05, 0.1) is 6.61 Å². The number of carbonyl (C=O) groups is 2. The van der Waals surface area contributed by atoms with Crippen molar-refractivity contribution >= 4 is 11.9 Å². The first kappa shape index (κ1) is 56.0. The maximum Gasteiger partial charge on any atom is 0.306 e. The van der Waals surface area contributed by atoms with Gasteiger partial charge in [-0.25, -0.2) is 0 Å². The number of carbonyl (C=O) groups excluding carboxylic acids is 2. The van der Waals surface area contributed by atoms with E-state index in [1.54, 1.807) is 0 Å². The van der Waals surface area contributed by atoms with E-state index in [1.165, 1.54) is 32.1 Å². The van der Waals surface area contributed by atoms with Crippen LogP contribution in [0.2, 0.25) is 0 Å². The Morgan fingerprint density at radius 1 is 0.383 bits per heavy atom. The second-order valence-corrected chi connectivity index (χ2v) is 15.1. The lowest BCUT2D eigenvalue weighted by Gasteiger charge is -2.15. The molecule has 0 aromatic heterocycles. The quantitative estimate of drug-likeness (QED) is 0.0378. The van der Waals surface area contributed by atoms with E-state index in [2.05, 4.69) is 148 Å². The Morgan fingerprint density at radius 2 is 0.667 bits per heavy atom. The van der Waals surface area contributed by atoms with Crippen LogP contribution in [0.3, 0.4) is 0 Å². The van der Waals surface area contributed by atoms with Crippen molar-refractivity contribution in [2.24, 2.45) is 0 Å². The van der Waals surface area contributed by atoms with Gasteiger partial charge in [0.25, 0.3) is 0 Å². The van der Waals surface area contributed by atoms with Gasteiger partial charge < -0.3 is 14.6 Å². The van der Waals surface area contributed by atoms with Gasteiger partial charge in [0.15, 0.2) is 6.10 Å². The Morgan fingerprint density at radius 3 is 1.02 bits per heavy atom. The molecule has 1 N–H and O–H groups in total. The number of rotatable bonds is 41. The minimum absolute atomic E-state index is 0.0960. The monoisotopic (exact) mass is 827 g/mol. The van der Waals surface area contributed by atoms with Crippen molar-refractivity contribution in [1.82, 2.24) is 0 Å². The van der Waals surface area contributed by atoms with Crippen LogP contribution >= 0.6 is 0 Å². The van der Waals surface area contributed by atoms with Crippen molar-refractivity contribution in [3.05, 3.63) is 134 Å². The Balaban J connectivity index is 3.66. The summed E-state index contributed by atoms with van der Waals surface area (Å²) in [5.74, 6) is -0.650. The van der Waals surface area contributed by atoms with Crippen LogP contribution < -0.4 is 0 Å². The van der Waals surface area contributed by atoms with Crippen LogP contribution in [0.4, 0.5) is 0 Å². The Bertz CT molecular complexity index is 1300. The summed E-state index contributed by atoms with van der Waals surface area (Å²) in [5.41, 5.74) is 0. The van der Waals surface area contributed by atoms with Crippen molar-refractivity contribution in [2.45, 2.75) is 187 Å². The van der Waals surface area contributed by atoms with Crippen molar-refractivity contribution in [3.8, 4) is 0 Å². The van der Waals surface area contributed by atoms with Gasteiger partial charge in [0, 0.05) is 12.8 Å². The first-order chi connectivity index (χ1) is 29.6. The van der Waals surface area contributed by atoms with Crippen LogP contribution in [0.1, 0.15) is 181 Å². The summed E-state index contributed by atoms with van der Waals surface area (Å²) in [5, 5.41) is 9.61. The molecular formula is C55H86O5. The van der Waals surface area contributed by atoms with Crippen LogP contribution in [-0.2, 0) is 19.1 Å². The second kappa shape index (κ2) is 49.4. The smallest absolute Gasteiger partial charge is 0.306 e. The molecule has 60 heavy (non-hydrogen) atoms. The topological polar surface area (TPSA) is 72.8 Å². The average Bonchev–Trinajstić information content (AvgIpc) is 3.25. The molecule has 0 saturated heterocycles. The molecule has 0 aromatic carbocycles.